The Morgan fingerprint density at radius 2 is 1.90 bits per heavy atom. The van der Waals surface area contributed by atoms with Crippen molar-refractivity contribution in [2.45, 2.75) is 92.9 Å². The molecule has 0 aromatic rings. The first-order valence-electron chi connectivity index (χ1n) is 12.2. The SMILES string of the molecule is CC(C)=CCC[C@@H](C)[C@H]1CC[C@H]2[C@]3(C)C=CC4=CC(=O)CC[C@]4(C)[C@H]3CC[C@]12C. The number of hydrogen-bond acceptors (Lipinski definition) is 1. The van der Waals surface area contributed by atoms with Gasteiger partial charge in [-0.3, -0.25) is 4.79 Å². The lowest BCUT2D eigenvalue weighted by atomic mass is 9.42. The van der Waals surface area contributed by atoms with Gasteiger partial charge in [0.05, 0.1) is 0 Å². The van der Waals surface area contributed by atoms with Gasteiger partial charge >= 0.3 is 0 Å². The Balaban J connectivity index is 1.61. The van der Waals surface area contributed by atoms with Crippen molar-refractivity contribution in [2.75, 3.05) is 0 Å². The minimum atomic E-state index is 0.200. The second-order valence-corrected chi connectivity index (χ2v) is 11.9. The number of carbonyl (C=O) groups excluding carboxylic acids is 1. The van der Waals surface area contributed by atoms with Crippen LogP contribution >= 0.6 is 0 Å². The lowest BCUT2D eigenvalue weighted by molar-refractivity contribution is -0.118. The highest BCUT2D eigenvalue weighted by molar-refractivity contribution is 5.92. The van der Waals surface area contributed by atoms with E-state index in [4.69, 9.17) is 0 Å². The zero-order valence-electron chi connectivity index (χ0n) is 19.7. The van der Waals surface area contributed by atoms with E-state index in [0.717, 1.165) is 30.6 Å². The van der Waals surface area contributed by atoms with Crippen molar-refractivity contribution in [2.24, 2.45) is 39.9 Å². The second-order valence-electron chi connectivity index (χ2n) is 11.9. The Hall–Kier alpha value is -1.11. The van der Waals surface area contributed by atoms with Gasteiger partial charge in [0.15, 0.2) is 5.78 Å². The number of allylic oxidation sites excluding steroid dienone is 6. The summed E-state index contributed by atoms with van der Waals surface area (Å²) in [6.45, 7) is 14.6. The molecule has 2 fully saturated rings. The molecule has 0 aromatic heterocycles. The Morgan fingerprint density at radius 3 is 2.62 bits per heavy atom. The average Bonchev–Trinajstić information content (AvgIpc) is 3.00. The van der Waals surface area contributed by atoms with Crippen LogP contribution in [0, 0.1) is 39.9 Å². The number of hydrogen-bond donors (Lipinski definition) is 0. The molecule has 4 rings (SSSR count). The van der Waals surface area contributed by atoms with Gasteiger partial charge in [-0.1, -0.05) is 51.5 Å². The predicted molar refractivity (Wildman–Crippen MR) is 123 cm³/mol. The smallest absolute Gasteiger partial charge is 0.156 e. The van der Waals surface area contributed by atoms with E-state index in [1.54, 1.807) is 0 Å². The van der Waals surface area contributed by atoms with E-state index >= 15 is 0 Å². The standard InChI is InChI=1S/C28H42O/c1-19(2)8-7-9-20(3)23-10-11-24-27(23,5)17-14-25-26(4)16-13-22(29)18-21(26)12-15-28(24,25)6/h8,12,15,18,20,23-25H,7,9-11,13-14,16-17H2,1-6H3/t20-,23-,24-,25-,26+,27-,28+/m1/s1. The van der Waals surface area contributed by atoms with Crippen LogP contribution in [0.1, 0.15) is 92.9 Å². The van der Waals surface area contributed by atoms with Crippen molar-refractivity contribution in [3.8, 4) is 0 Å². The largest absolute Gasteiger partial charge is 0.295 e. The van der Waals surface area contributed by atoms with Crippen molar-refractivity contribution < 1.29 is 4.79 Å². The highest BCUT2D eigenvalue weighted by Crippen LogP contribution is 2.70. The Morgan fingerprint density at radius 1 is 1.14 bits per heavy atom. The van der Waals surface area contributed by atoms with Crippen molar-refractivity contribution >= 4 is 5.78 Å². The highest BCUT2D eigenvalue weighted by atomic mass is 16.1. The summed E-state index contributed by atoms with van der Waals surface area (Å²) >= 11 is 0. The highest BCUT2D eigenvalue weighted by Gasteiger charge is 2.63. The molecule has 4 aliphatic carbocycles. The van der Waals surface area contributed by atoms with Crippen molar-refractivity contribution in [1.82, 2.24) is 0 Å². The van der Waals surface area contributed by atoms with E-state index in [1.165, 1.54) is 49.7 Å². The third kappa shape index (κ3) is 3.22. The normalized spacial score (nSPS) is 44.4. The third-order valence-electron chi connectivity index (χ3n) is 10.0. The Bertz CT molecular complexity index is 765. The summed E-state index contributed by atoms with van der Waals surface area (Å²) in [5.41, 5.74) is 3.74. The number of rotatable bonds is 4. The van der Waals surface area contributed by atoms with Gasteiger partial charge in [-0.15, -0.1) is 0 Å². The van der Waals surface area contributed by atoms with Crippen LogP contribution in [0.5, 0.6) is 0 Å². The summed E-state index contributed by atoms with van der Waals surface area (Å²) in [4.78, 5) is 12.1. The van der Waals surface area contributed by atoms with E-state index < -0.39 is 0 Å². The first-order valence-corrected chi connectivity index (χ1v) is 12.2. The molecule has 1 nitrogen and oxygen atoms in total. The van der Waals surface area contributed by atoms with Crippen LogP contribution in [0.25, 0.3) is 0 Å². The summed E-state index contributed by atoms with van der Waals surface area (Å²) in [7, 11) is 0. The molecule has 0 radical (unpaired) electrons. The van der Waals surface area contributed by atoms with Crippen LogP contribution < -0.4 is 0 Å². The minimum Gasteiger partial charge on any atom is -0.295 e. The van der Waals surface area contributed by atoms with Crippen LogP contribution in [-0.2, 0) is 4.79 Å². The summed E-state index contributed by atoms with van der Waals surface area (Å²) < 4.78 is 0. The molecule has 7 atom stereocenters. The molecule has 0 amide bonds. The zero-order chi connectivity index (χ0) is 21.0. The molecule has 29 heavy (non-hydrogen) atoms. The Kier molecular flexibility index (Phi) is 5.28. The topological polar surface area (TPSA) is 17.1 Å². The van der Waals surface area contributed by atoms with Crippen molar-refractivity contribution in [3.05, 3.63) is 35.5 Å². The molecule has 160 valence electrons. The van der Waals surface area contributed by atoms with Gasteiger partial charge in [0.1, 0.15) is 0 Å². The molecule has 0 spiro atoms. The fraction of sp³-hybridized carbons (Fsp3) is 0.750. The average molecular weight is 395 g/mol. The molecular formula is C28H42O. The number of ketones is 1. The molecule has 1 heteroatoms. The molecule has 2 saturated carbocycles. The molecule has 4 aliphatic rings. The zero-order valence-corrected chi connectivity index (χ0v) is 19.7. The molecule has 0 bridgehead atoms. The first-order chi connectivity index (χ1) is 13.6. The lowest BCUT2D eigenvalue weighted by Crippen LogP contribution is -2.55. The van der Waals surface area contributed by atoms with Crippen LogP contribution in [0.3, 0.4) is 0 Å². The van der Waals surface area contributed by atoms with Crippen molar-refractivity contribution in [3.63, 3.8) is 0 Å². The van der Waals surface area contributed by atoms with Crippen LogP contribution in [0.4, 0.5) is 0 Å². The quantitative estimate of drug-likeness (QED) is 0.447. The maximum absolute atomic E-state index is 12.1. The summed E-state index contributed by atoms with van der Waals surface area (Å²) in [5.74, 6) is 3.49. The fourth-order valence-corrected chi connectivity index (χ4v) is 8.48. The Labute approximate surface area is 179 Å². The van der Waals surface area contributed by atoms with Crippen LogP contribution in [-0.4, -0.2) is 5.78 Å². The van der Waals surface area contributed by atoms with E-state index in [2.05, 4.69) is 59.8 Å². The van der Waals surface area contributed by atoms with Gasteiger partial charge < -0.3 is 0 Å². The molecule has 0 aliphatic heterocycles. The van der Waals surface area contributed by atoms with Gasteiger partial charge in [-0.2, -0.15) is 0 Å². The molecule has 0 saturated heterocycles. The van der Waals surface area contributed by atoms with Gasteiger partial charge in [-0.25, -0.2) is 0 Å². The molecular weight excluding hydrogens is 352 g/mol. The lowest BCUT2D eigenvalue weighted by Gasteiger charge is -2.61. The first kappa shape index (κ1) is 21.1. The maximum atomic E-state index is 12.1. The van der Waals surface area contributed by atoms with Gasteiger partial charge in [0.2, 0.25) is 0 Å². The summed E-state index contributed by atoms with van der Waals surface area (Å²) in [6.07, 6.45) is 19.1. The molecule has 0 N–H and O–H groups in total. The molecule has 0 heterocycles. The van der Waals surface area contributed by atoms with E-state index in [0.29, 0.717) is 17.1 Å². The third-order valence-corrected chi connectivity index (χ3v) is 10.0. The maximum Gasteiger partial charge on any atom is 0.156 e. The predicted octanol–water partition coefficient (Wildman–Crippen LogP) is 7.68. The summed E-state index contributed by atoms with van der Waals surface area (Å²) in [5, 5.41) is 0. The summed E-state index contributed by atoms with van der Waals surface area (Å²) in [6, 6.07) is 0. The van der Waals surface area contributed by atoms with Crippen LogP contribution in [0.15, 0.2) is 35.5 Å². The van der Waals surface area contributed by atoms with Gasteiger partial charge in [0, 0.05) is 6.42 Å². The molecule has 0 unspecified atom stereocenters. The minimum absolute atomic E-state index is 0.200. The van der Waals surface area contributed by atoms with Crippen LogP contribution in [0.2, 0.25) is 0 Å². The van der Waals surface area contributed by atoms with Crippen molar-refractivity contribution in [1.29, 1.82) is 0 Å². The van der Waals surface area contributed by atoms with Gasteiger partial charge in [-0.05, 0) is 110 Å². The molecule has 0 aromatic carbocycles. The van der Waals surface area contributed by atoms with E-state index in [1.807, 2.05) is 6.08 Å². The second kappa shape index (κ2) is 7.24. The van der Waals surface area contributed by atoms with Gasteiger partial charge in [0.25, 0.3) is 0 Å². The fourth-order valence-electron chi connectivity index (χ4n) is 8.48. The van der Waals surface area contributed by atoms with E-state index in [9.17, 15) is 4.79 Å². The number of fused-ring (bicyclic) bond motifs is 5. The number of carbonyl (C=O) groups is 1. The monoisotopic (exact) mass is 394 g/mol. The van der Waals surface area contributed by atoms with E-state index in [-0.39, 0.29) is 10.8 Å².